The maximum Gasteiger partial charge on any atom is 0.307 e. The van der Waals surface area contributed by atoms with Crippen LogP contribution in [0, 0.1) is 10.1 Å². The second-order valence-corrected chi connectivity index (χ2v) is 3.90. The molecule has 0 fully saturated rings. The zero-order chi connectivity index (χ0) is 13.8. The smallest absolute Gasteiger partial charge is 0.293 e. The molecular formula is C13H11N3O3. The summed E-state index contributed by atoms with van der Waals surface area (Å²) < 4.78 is 1.22. The number of ketones is 1. The van der Waals surface area contributed by atoms with Crippen LogP contribution in [0.3, 0.4) is 0 Å². The highest BCUT2D eigenvalue weighted by Crippen LogP contribution is 2.16. The van der Waals surface area contributed by atoms with E-state index in [4.69, 9.17) is 0 Å². The molecule has 1 heterocycles. The molecule has 0 saturated heterocycles. The van der Waals surface area contributed by atoms with Crippen molar-refractivity contribution >= 4 is 23.2 Å². The van der Waals surface area contributed by atoms with Crippen LogP contribution in [0.5, 0.6) is 0 Å². The van der Waals surface area contributed by atoms with Gasteiger partial charge in [-0.05, 0) is 11.6 Å². The Hall–Kier alpha value is -2.76. The molecule has 0 N–H and O–H groups in total. The quantitative estimate of drug-likeness (QED) is 0.478. The molecule has 0 radical (unpaired) electrons. The Balaban J connectivity index is 2.43. The van der Waals surface area contributed by atoms with Gasteiger partial charge in [-0.1, -0.05) is 30.3 Å². The number of nitro groups is 1. The van der Waals surface area contributed by atoms with Crippen molar-refractivity contribution in [3.63, 3.8) is 0 Å². The summed E-state index contributed by atoms with van der Waals surface area (Å²) in [7, 11) is 0. The third kappa shape index (κ3) is 2.92. The first-order valence-corrected chi connectivity index (χ1v) is 5.55. The van der Waals surface area contributed by atoms with E-state index in [1.807, 2.05) is 30.3 Å². The van der Waals surface area contributed by atoms with Crippen molar-refractivity contribution in [1.82, 2.24) is 9.78 Å². The minimum atomic E-state index is -0.552. The summed E-state index contributed by atoms with van der Waals surface area (Å²) in [6.07, 6.45) is 3.97. The van der Waals surface area contributed by atoms with Crippen molar-refractivity contribution in [2.45, 2.75) is 6.92 Å². The summed E-state index contributed by atoms with van der Waals surface area (Å²) >= 11 is 0. The molecule has 0 unspecified atom stereocenters. The van der Waals surface area contributed by atoms with Crippen molar-refractivity contribution in [2.75, 3.05) is 0 Å². The van der Waals surface area contributed by atoms with Gasteiger partial charge in [-0.15, -0.1) is 0 Å². The number of hydrogen-bond donors (Lipinski definition) is 0. The van der Waals surface area contributed by atoms with Crippen LogP contribution in [0.4, 0.5) is 5.69 Å². The molecule has 0 aliphatic rings. The Kier molecular flexibility index (Phi) is 3.51. The van der Waals surface area contributed by atoms with Crippen LogP contribution >= 0.6 is 0 Å². The summed E-state index contributed by atoms with van der Waals surface area (Å²) in [5, 5.41) is 14.5. The van der Waals surface area contributed by atoms with E-state index in [0.29, 0.717) is 0 Å². The lowest BCUT2D eigenvalue weighted by atomic mass is 10.1. The molecule has 0 aliphatic carbocycles. The normalized spacial score (nSPS) is 11.3. The van der Waals surface area contributed by atoms with Gasteiger partial charge in [0.25, 0.3) is 0 Å². The number of rotatable bonds is 4. The lowest BCUT2D eigenvalue weighted by Gasteiger charge is -2.03. The number of nitrogens with zero attached hydrogens (tertiary/aromatic N) is 3. The van der Waals surface area contributed by atoms with Crippen LogP contribution in [0.2, 0.25) is 0 Å². The zero-order valence-electron chi connectivity index (χ0n) is 10.2. The van der Waals surface area contributed by atoms with E-state index in [2.05, 4.69) is 5.10 Å². The second-order valence-electron chi connectivity index (χ2n) is 3.90. The van der Waals surface area contributed by atoms with Crippen molar-refractivity contribution in [1.29, 1.82) is 0 Å². The van der Waals surface area contributed by atoms with E-state index >= 15 is 0 Å². The number of allylic oxidation sites excluding steroid dienone is 1. The maximum atomic E-state index is 11.6. The Morgan fingerprint density at radius 1 is 1.37 bits per heavy atom. The van der Waals surface area contributed by atoms with Gasteiger partial charge in [-0.3, -0.25) is 14.9 Å². The standard InChI is InChI=1S/C13H11N3O3/c1-10(17)13(7-11-5-3-2-4-6-11)15-9-12(8-14-15)16(18)19/h2-9H,1H3/b13-7-. The van der Waals surface area contributed by atoms with Crippen molar-refractivity contribution in [3.05, 3.63) is 58.4 Å². The molecule has 2 aromatic rings. The van der Waals surface area contributed by atoms with E-state index in [1.54, 1.807) is 6.08 Å². The summed E-state index contributed by atoms with van der Waals surface area (Å²) in [6.45, 7) is 1.39. The van der Waals surface area contributed by atoms with Crippen molar-refractivity contribution in [2.24, 2.45) is 0 Å². The number of carbonyl (C=O) groups excluding carboxylic acids is 1. The van der Waals surface area contributed by atoms with Gasteiger partial charge in [0.2, 0.25) is 0 Å². The monoisotopic (exact) mass is 257 g/mol. The minimum Gasteiger partial charge on any atom is -0.293 e. The van der Waals surface area contributed by atoms with Crippen molar-refractivity contribution in [3.8, 4) is 0 Å². The topological polar surface area (TPSA) is 78.0 Å². The van der Waals surface area contributed by atoms with Crippen LogP contribution in [0.25, 0.3) is 11.8 Å². The highest BCUT2D eigenvalue weighted by atomic mass is 16.6. The van der Waals surface area contributed by atoms with E-state index in [1.165, 1.54) is 17.8 Å². The van der Waals surface area contributed by atoms with E-state index in [9.17, 15) is 14.9 Å². The first kappa shape index (κ1) is 12.7. The molecule has 0 atom stereocenters. The number of carbonyl (C=O) groups is 1. The summed E-state index contributed by atoms with van der Waals surface area (Å²) in [4.78, 5) is 21.7. The molecule has 6 heteroatoms. The highest BCUT2D eigenvalue weighted by molar-refractivity contribution is 6.18. The fourth-order valence-corrected chi connectivity index (χ4v) is 1.58. The second kappa shape index (κ2) is 5.26. The fourth-order valence-electron chi connectivity index (χ4n) is 1.58. The summed E-state index contributed by atoms with van der Waals surface area (Å²) in [5.74, 6) is -0.221. The molecule has 0 bridgehead atoms. The van der Waals surface area contributed by atoms with Gasteiger partial charge in [-0.25, -0.2) is 4.68 Å². The molecule has 19 heavy (non-hydrogen) atoms. The summed E-state index contributed by atoms with van der Waals surface area (Å²) in [5.41, 5.74) is 0.949. The van der Waals surface area contributed by atoms with E-state index in [0.717, 1.165) is 11.8 Å². The van der Waals surface area contributed by atoms with E-state index in [-0.39, 0.29) is 17.2 Å². The van der Waals surface area contributed by atoms with Crippen LogP contribution < -0.4 is 0 Å². The SMILES string of the molecule is CC(=O)/C(=C/c1ccccc1)n1cc([N+](=O)[O-])cn1. The molecule has 0 amide bonds. The molecular weight excluding hydrogens is 246 g/mol. The number of hydrogen-bond acceptors (Lipinski definition) is 4. The average Bonchev–Trinajstić information content (AvgIpc) is 2.86. The molecule has 1 aromatic heterocycles. The number of Topliss-reactive ketones (excluding diaryl/α,β-unsaturated/α-hetero) is 1. The van der Waals surface area contributed by atoms with Gasteiger partial charge in [0.1, 0.15) is 18.1 Å². The van der Waals surface area contributed by atoms with Gasteiger partial charge in [0.15, 0.2) is 5.78 Å². The molecule has 0 aliphatic heterocycles. The maximum absolute atomic E-state index is 11.6. The first-order valence-electron chi connectivity index (χ1n) is 5.55. The van der Waals surface area contributed by atoms with Gasteiger partial charge in [0.05, 0.1) is 4.92 Å². The molecule has 0 saturated carbocycles. The lowest BCUT2D eigenvalue weighted by Crippen LogP contribution is -2.05. The minimum absolute atomic E-state index is 0.153. The van der Waals surface area contributed by atoms with Gasteiger partial charge < -0.3 is 0 Å². The predicted molar refractivity (Wildman–Crippen MR) is 70.2 cm³/mol. The van der Waals surface area contributed by atoms with Crippen LogP contribution in [-0.2, 0) is 4.79 Å². The van der Waals surface area contributed by atoms with Crippen LogP contribution in [0.15, 0.2) is 42.7 Å². The number of aromatic nitrogens is 2. The van der Waals surface area contributed by atoms with Gasteiger partial charge >= 0.3 is 5.69 Å². The fraction of sp³-hybridized carbons (Fsp3) is 0.0769. The Labute approximate surface area is 109 Å². The molecule has 0 spiro atoms. The van der Waals surface area contributed by atoms with Crippen LogP contribution in [-0.4, -0.2) is 20.5 Å². The molecule has 1 aromatic carbocycles. The third-order valence-corrected chi connectivity index (χ3v) is 2.49. The highest BCUT2D eigenvalue weighted by Gasteiger charge is 2.14. The molecule has 6 nitrogen and oxygen atoms in total. The van der Waals surface area contributed by atoms with Gasteiger partial charge in [-0.2, -0.15) is 5.10 Å². The average molecular weight is 257 g/mol. The first-order chi connectivity index (χ1) is 9.08. The Morgan fingerprint density at radius 3 is 2.58 bits per heavy atom. The van der Waals surface area contributed by atoms with Crippen molar-refractivity contribution < 1.29 is 9.72 Å². The zero-order valence-corrected chi connectivity index (χ0v) is 10.2. The van der Waals surface area contributed by atoms with Gasteiger partial charge in [0, 0.05) is 6.92 Å². The largest absolute Gasteiger partial charge is 0.307 e. The van der Waals surface area contributed by atoms with Crippen LogP contribution in [0.1, 0.15) is 12.5 Å². The summed E-state index contributed by atoms with van der Waals surface area (Å²) in [6, 6.07) is 9.22. The molecule has 2 rings (SSSR count). The number of benzene rings is 1. The Morgan fingerprint density at radius 2 is 2.05 bits per heavy atom. The third-order valence-electron chi connectivity index (χ3n) is 2.49. The van der Waals surface area contributed by atoms with E-state index < -0.39 is 4.92 Å². The lowest BCUT2D eigenvalue weighted by molar-refractivity contribution is -0.384. The Bertz CT molecular complexity index is 644. The molecule has 96 valence electrons. The predicted octanol–water partition coefficient (Wildman–Crippen LogP) is 2.38.